The van der Waals surface area contributed by atoms with Gasteiger partial charge in [0.25, 0.3) is 0 Å². The Bertz CT molecular complexity index is 323. The molecule has 0 saturated heterocycles. The van der Waals surface area contributed by atoms with E-state index >= 15 is 0 Å². The van der Waals surface area contributed by atoms with Gasteiger partial charge in [-0.1, -0.05) is 32.8 Å². The molecule has 2 heteroatoms. The number of hydrogen-bond donors (Lipinski definition) is 1. The SMILES string of the molecule is CCCNC(c1cccnc1)C1CCCC1C. The van der Waals surface area contributed by atoms with Crippen molar-refractivity contribution in [2.24, 2.45) is 11.8 Å². The van der Waals surface area contributed by atoms with E-state index in [-0.39, 0.29) is 0 Å². The van der Waals surface area contributed by atoms with Gasteiger partial charge in [0.1, 0.15) is 0 Å². The van der Waals surface area contributed by atoms with Crippen LogP contribution in [0.3, 0.4) is 0 Å². The molecule has 0 aliphatic heterocycles. The zero-order chi connectivity index (χ0) is 12.1. The van der Waals surface area contributed by atoms with E-state index in [4.69, 9.17) is 0 Å². The molecule has 1 N–H and O–H groups in total. The lowest BCUT2D eigenvalue weighted by Crippen LogP contribution is -2.30. The first-order chi connectivity index (χ1) is 8.33. The smallest absolute Gasteiger partial charge is 0.0366 e. The number of nitrogens with one attached hydrogen (secondary N) is 1. The van der Waals surface area contributed by atoms with Crippen molar-refractivity contribution in [1.82, 2.24) is 10.3 Å². The summed E-state index contributed by atoms with van der Waals surface area (Å²) in [7, 11) is 0. The number of hydrogen-bond acceptors (Lipinski definition) is 2. The van der Waals surface area contributed by atoms with Crippen molar-refractivity contribution in [3.05, 3.63) is 30.1 Å². The van der Waals surface area contributed by atoms with Gasteiger partial charge in [0.05, 0.1) is 0 Å². The molecule has 0 amide bonds. The minimum Gasteiger partial charge on any atom is -0.310 e. The van der Waals surface area contributed by atoms with Crippen molar-refractivity contribution in [3.63, 3.8) is 0 Å². The maximum absolute atomic E-state index is 4.27. The van der Waals surface area contributed by atoms with E-state index in [2.05, 4.69) is 36.3 Å². The van der Waals surface area contributed by atoms with Crippen LogP contribution in [-0.4, -0.2) is 11.5 Å². The number of nitrogens with zero attached hydrogens (tertiary/aromatic N) is 1. The molecule has 17 heavy (non-hydrogen) atoms. The fourth-order valence-corrected chi connectivity index (χ4v) is 3.05. The lowest BCUT2D eigenvalue weighted by molar-refractivity contribution is 0.301. The summed E-state index contributed by atoms with van der Waals surface area (Å²) < 4.78 is 0. The minimum absolute atomic E-state index is 0.501. The summed E-state index contributed by atoms with van der Waals surface area (Å²) >= 11 is 0. The number of pyridine rings is 1. The van der Waals surface area contributed by atoms with Gasteiger partial charge < -0.3 is 5.32 Å². The molecule has 0 spiro atoms. The molecular weight excluding hydrogens is 208 g/mol. The molecular formula is C15H24N2. The Balaban J connectivity index is 2.13. The first-order valence-corrected chi connectivity index (χ1v) is 6.96. The third kappa shape index (κ3) is 3.06. The standard InChI is InChI=1S/C15H24N2/c1-3-9-17-15(13-7-5-10-16-11-13)14-8-4-6-12(14)2/h5,7,10-12,14-15,17H,3-4,6,8-9H2,1-2H3. The molecule has 0 aromatic carbocycles. The van der Waals surface area contributed by atoms with E-state index < -0.39 is 0 Å². The Morgan fingerprint density at radius 1 is 1.47 bits per heavy atom. The third-order valence-corrected chi connectivity index (χ3v) is 4.01. The monoisotopic (exact) mass is 232 g/mol. The quantitative estimate of drug-likeness (QED) is 0.839. The summed E-state index contributed by atoms with van der Waals surface area (Å²) in [6.45, 7) is 5.73. The normalized spacial score (nSPS) is 26.0. The van der Waals surface area contributed by atoms with Gasteiger partial charge in [-0.3, -0.25) is 4.98 Å². The second kappa shape index (κ2) is 6.15. The van der Waals surface area contributed by atoms with Crippen molar-refractivity contribution in [3.8, 4) is 0 Å². The highest BCUT2D eigenvalue weighted by Gasteiger charge is 2.31. The second-order valence-electron chi connectivity index (χ2n) is 5.29. The predicted molar refractivity (Wildman–Crippen MR) is 71.8 cm³/mol. The molecule has 1 aliphatic rings. The van der Waals surface area contributed by atoms with E-state index in [1.165, 1.54) is 31.2 Å². The lowest BCUT2D eigenvalue weighted by Gasteiger charge is -2.28. The average Bonchev–Trinajstić information content (AvgIpc) is 2.78. The predicted octanol–water partition coefficient (Wildman–Crippen LogP) is 3.56. The number of aromatic nitrogens is 1. The number of rotatable bonds is 5. The topological polar surface area (TPSA) is 24.9 Å². The highest BCUT2D eigenvalue weighted by Crippen LogP contribution is 2.39. The molecule has 94 valence electrons. The highest BCUT2D eigenvalue weighted by molar-refractivity contribution is 5.15. The minimum atomic E-state index is 0.501. The van der Waals surface area contributed by atoms with Crippen LogP contribution in [-0.2, 0) is 0 Å². The van der Waals surface area contributed by atoms with Crippen molar-refractivity contribution in [1.29, 1.82) is 0 Å². The van der Waals surface area contributed by atoms with Crippen LogP contribution in [0.1, 0.15) is 51.1 Å². The summed E-state index contributed by atoms with van der Waals surface area (Å²) in [5.41, 5.74) is 1.36. The summed E-state index contributed by atoms with van der Waals surface area (Å²) in [4.78, 5) is 4.27. The summed E-state index contributed by atoms with van der Waals surface area (Å²) in [5, 5.41) is 3.72. The van der Waals surface area contributed by atoms with Crippen LogP contribution in [0, 0.1) is 11.8 Å². The van der Waals surface area contributed by atoms with Gasteiger partial charge in [0, 0.05) is 18.4 Å². The molecule has 1 aromatic rings. The van der Waals surface area contributed by atoms with E-state index in [9.17, 15) is 0 Å². The van der Waals surface area contributed by atoms with Crippen LogP contribution >= 0.6 is 0 Å². The van der Waals surface area contributed by atoms with Crippen molar-refractivity contribution >= 4 is 0 Å². The fraction of sp³-hybridized carbons (Fsp3) is 0.667. The highest BCUT2D eigenvalue weighted by atomic mass is 14.9. The van der Waals surface area contributed by atoms with Gasteiger partial charge in [-0.15, -0.1) is 0 Å². The van der Waals surface area contributed by atoms with E-state index in [1.807, 2.05) is 12.4 Å². The molecule has 1 fully saturated rings. The molecule has 1 aromatic heterocycles. The van der Waals surface area contributed by atoms with Crippen LogP contribution in [0.4, 0.5) is 0 Å². The molecule has 2 nitrogen and oxygen atoms in total. The lowest BCUT2D eigenvalue weighted by atomic mass is 9.86. The van der Waals surface area contributed by atoms with Gasteiger partial charge >= 0.3 is 0 Å². The maximum atomic E-state index is 4.27. The van der Waals surface area contributed by atoms with Crippen molar-refractivity contribution < 1.29 is 0 Å². The maximum Gasteiger partial charge on any atom is 0.0366 e. The van der Waals surface area contributed by atoms with Crippen molar-refractivity contribution in [2.75, 3.05) is 6.54 Å². The molecule has 3 unspecified atom stereocenters. The molecule has 2 rings (SSSR count). The van der Waals surface area contributed by atoms with E-state index in [0.717, 1.165) is 18.4 Å². The second-order valence-corrected chi connectivity index (χ2v) is 5.29. The average molecular weight is 232 g/mol. The molecule has 1 aliphatic carbocycles. The molecule has 1 heterocycles. The Morgan fingerprint density at radius 2 is 2.35 bits per heavy atom. The van der Waals surface area contributed by atoms with Crippen molar-refractivity contribution in [2.45, 2.75) is 45.6 Å². The Hall–Kier alpha value is -0.890. The van der Waals surface area contributed by atoms with Crippen LogP contribution < -0.4 is 5.32 Å². The van der Waals surface area contributed by atoms with Gasteiger partial charge in [-0.2, -0.15) is 0 Å². The largest absolute Gasteiger partial charge is 0.310 e. The summed E-state index contributed by atoms with van der Waals surface area (Å²) in [6.07, 6.45) is 9.21. The molecule has 0 bridgehead atoms. The summed E-state index contributed by atoms with van der Waals surface area (Å²) in [5.74, 6) is 1.62. The van der Waals surface area contributed by atoms with Crippen LogP contribution in [0.5, 0.6) is 0 Å². The van der Waals surface area contributed by atoms with Crippen LogP contribution in [0.15, 0.2) is 24.5 Å². The zero-order valence-corrected chi connectivity index (χ0v) is 11.0. The van der Waals surface area contributed by atoms with Crippen LogP contribution in [0.25, 0.3) is 0 Å². The van der Waals surface area contributed by atoms with E-state index in [1.54, 1.807) is 0 Å². The van der Waals surface area contributed by atoms with Gasteiger partial charge in [-0.25, -0.2) is 0 Å². The molecule has 0 radical (unpaired) electrons. The zero-order valence-electron chi connectivity index (χ0n) is 11.0. The Labute approximate surface area is 105 Å². The molecule has 1 saturated carbocycles. The van der Waals surface area contributed by atoms with E-state index in [0.29, 0.717) is 6.04 Å². The summed E-state index contributed by atoms with van der Waals surface area (Å²) in [6, 6.07) is 4.77. The first kappa shape index (κ1) is 12.6. The van der Waals surface area contributed by atoms with Crippen LogP contribution in [0.2, 0.25) is 0 Å². The van der Waals surface area contributed by atoms with Gasteiger partial charge in [0.2, 0.25) is 0 Å². The first-order valence-electron chi connectivity index (χ1n) is 6.96. The molecule has 3 atom stereocenters. The van der Waals surface area contributed by atoms with Gasteiger partial charge in [-0.05, 0) is 42.9 Å². The van der Waals surface area contributed by atoms with Gasteiger partial charge in [0.15, 0.2) is 0 Å². The third-order valence-electron chi connectivity index (χ3n) is 4.01. The Kier molecular flexibility index (Phi) is 4.55. The fourth-order valence-electron chi connectivity index (χ4n) is 3.05. The Morgan fingerprint density at radius 3 is 2.94 bits per heavy atom.